The quantitative estimate of drug-likeness (QED) is 0.571. The smallest absolute Gasteiger partial charge is 0.204 e. The Hall–Kier alpha value is -2.97. The van der Waals surface area contributed by atoms with E-state index in [-0.39, 0.29) is 0 Å². The Bertz CT molecular complexity index is 858. The summed E-state index contributed by atoms with van der Waals surface area (Å²) in [5.74, 6) is 0. The summed E-state index contributed by atoms with van der Waals surface area (Å²) in [5, 5.41) is 13.7. The van der Waals surface area contributed by atoms with E-state index in [1.165, 1.54) is 0 Å². The van der Waals surface area contributed by atoms with Crippen molar-refractivity contribution in [2.75, 3.05) is 5.43 Å². The second-order valence-electron chi connectivity index (χ2n) is 4.89. The van der Waals surface area contributed by atoms with Crippen LogP contribution in [-0.2, 0) is 0 Å². The van der Waals surface area contributed by atoms with Crippen LogP contribution in [0, 0.1) is 18.3 Å². The zero-order valence-electron chi connectivity index (χ0n) is 12.5. The lowest BCUT2D eigenvalue weighted by Crippen LogP contribution is -1.90. The predicted octanol–water partition coefficient (Wildman–Crippen LogP) is 4.44. The van der Waals surface area contributed by atoms with Gasteiger partial charge in [0.15, 0.2) is 0 Å². The summed E-state index contributed by atoms with van der Waals surface area (Å²) in [5.41, 5.74) is 6.61. The summed E-state index contributed by atoms with van der Waals surface area (Å²) in [4.78, 5) is 5.73. The van der Waals surface area contributed by atoms with Gasteiger partial charge in [-0.15, -0.1) is 11.3 Å². The predicted molar refractivity (Wildman–Crippen MR) is 94.7 cm³/mol. The summed E-state index contributed by atoms with van der Waals surface area (Å²) in [7, 11) is 0. The van der Waals surface area contributed by atoms with Crippen molar-refractivity contribution in [2.45, 2.75) is 6.92 Å². The Morgan fingerprint density at radius 1 is 1.13 bits per heavy atom. The van der Waals surface area contributed by atoms with E-state index in [4.69, 9.17) is 5.26 Å². The van der Waals surface area contributed by atoms with E-state index >= 15 is 0 Å². The first-order valence-corrected chi connectivity index (χ1v) is 7.90. The molecule has 0 bridgehead atoms. The minimum Gasteiger partial charge on any atom is -0.253 e. The summed E-state index contributed by atoms with van der Waals surface area (Å²) >= 11 is 1.57. The van der Waals surface area contributed by atoms with Crippen molar-refractivity contribution in [3.05, 3.63) is 70.6 Å². The molecule has 1 aromatic heterocycles. The van der Waals surface area contributed by atoms with Crippen LogP contribution in [-0.4, -0.2) is 11.2 Å². The van der Waals surface area contributed by atoms with E-state index < -0.39 is 0 Å². The third-order valence-corrected chi connectivity index (χ3v) is 4.13. The van der Waals surface area contributed by atoms with Gasteiger partial charge < -0.3 is 0 Å². The molecule has 5 heteroatoms. The van der Waals surface area contributed by atoms with Gasteiger partial charge in [0.25, 0.3) is 0 Å². The first kappa shape index (κ1) is 14.9. The minimum atomic E-state index is 0.637. The van der Waals surface area contributed by atoms with E-state index in [1.807, 2.05) is 42.5 Å². The maximum Gasteiger partial charge on any atom is 0.204 e. The van der Waals surface area contributed by atoms with Crippen LogP contribution in [0.1, 0.15) is 16.0 Å². The van der Waals surface area contributed by atoms with Gasteiger partial charge in [-0.3, -0.25) is 5.43 Å². The topological polar surface area (TPSA) is 61.1 Å². The molecule has 0 saturated heterocycles. The molecule has 0 amide bonds. The lowest BCUT2D eigenvalue weighted by Gasteiger charge is -1.97. The van der Waals surface area contributed by atoms with Crippen LogP contribution < -0.4 is 5.43 Å². The Kier molecular flexibility index (Phi) is 4.46. The molecule has 0 spiro atoms. The highest BCUT2D eigenvalue weighted by molar-refractivity contribution is 7.15. The summed E-state index contributed by atoms with van der Waals surface area (Å²) in [6.07, 6.45) is 1.71. The Morgan fingerprint density at radius 3 is 2.57 bits per heavy atom. The number of nitrogens with one attached hydrogen (secondary N) is 1. The second-order valence-corrected chi connectivity index (χ2v) is 6.10. The van der Waals surface area contributed by atoms with Gasteiger partial charge in [0.05, 0.1) is 23.5 Å². The zero-order chi connectivity index (χ0) is 16.1. The van der Waals surface area contributed by atoms with Gasteiger partial charge in [0.2, 0.25) is 5.13 Å². The number of aryl methyl sites for hydroxylation is 1. The fourth-order valence-electron chi connectivity index (χ4n) is 2.11. The first-order chi connectivity index (χ1) is 11.3. The van der Waals surface area contributed by atoms with E-state index in [2.05, 4.69) is 28.5 Å². The molecule has 0 radical (unpaired) electrons. The first-order valence-electron chi connectivity index (χ1n) is 7.08. The van der Waals surface area contributed by atoms with Gasteiger partial charge in [-0.1, -0.05) is 42.5 Å². The standard InChI is InChI=1S/C18H14N4S/c1-13-17(16-5-3-2-4-6-16)21-18(23-13)22-20-12-15-9-7-14(11-19)8-10-15/h2-10,12H,1H3,(H,21,22). The summed E-state index contributed by atoms with van der Waals surface area (Å²) < 4.78 is 0. The fraction of sp³-hybridized carbons (Fsp3) is 0.0556. The normalized spacial score (nSPS) is 10.6. The average molecular weight is 318 g/mol. The highest BCUT2D eigenvalue weighted by Crippen LogP contribution is 2.30. The third-order valence-electron chi connectivity index (χ3n) is 3.26. The molecule has 0 atom stereocenters. The number of aromatic nitrogens is 1. The van der Waals surface area contributed by atoms with Gasteiger partial charge in [0, 0.05) is 10.4 Å². The van der Waals surface area contributed by atoms with Crippen molar-refractivity contribution in [3.63, 3.8) is 0 Å². The van der Waals surface area contributed by atoms with Crippen molar-refractivity contribution in [1.29, 1.82) is 5.26 Å². The van der Waals surface area contributed by atoms with Crippen molar-refractivity contribution in [3.8, 4) is 17.3 Å². The van der Waals surface area contributed by atoms with Crippen LogP contribution in [0.5, 0.6) is 0 Å². The molecule has 0 aliphatic rings. The van der Waals surface area contributed by atoms with Gasteiger partial charge >= 0.3 is 0 Å². The zero-order valence-corrected chi connectivity index (χ0v) is 13.3. The Balaban J connectivity index is 1.71. The number of thiazole rings is 1. The minimum absolute atomic E-state index is 0.637. The molecule has 3 aromatic rings. The molecule has 23 heavy (non-hydrogen) atoms. The van der Waals surface area contributed by atoms with Crippen molar-refractivity contribution in [2.24, 2.45) is 5.10 Å². The largest absolute Gasteiger partial charge is 0.253 e. The maximum absolute atomic E-state index is 8.77. The van der Waals surface area contributed by atoms with E-state index in [0.29, 0.717) is 5.56 Å². The van der Waals surface area contributed by atoms with Gasteiger partial charge in [-0.2, -0.15) is 10.4 Å². The highest BCUT2D eigenvalue weighted by Gasteiger charge is 2.08. The SMILES string of the molecule is Cc1sc(NN=Cc2ccc(C#N)cc2)nc1-c1ccccc1. The highest BCUT2D eigenvalue weighted by atomic mass is 32.1. The Labute approximate surface area is 138 Å². The molecular weight excluding hydrogens is 304 g/mol. The monoisotopic (exact) mass is 318 g/mol. The number of nitrogens with zero attached hydrogens (tertiary/aromatic N) is 3. The van der Waals surface area contributed by atoms with Gasteiger partial charge in [-0.05, 0) is 24.6 Å². The molecule has 3 rings (SSSR count). The summed E-state index contributed by atoms with van der Waals surface area (Å²) in [6.45, 7) is 2.05. The molecule has 1 N–H and O–H groups in total. The number of anilines is 1. The lowest BCUT2D eigenvalue weighted by molar-refractivity contribution is 1.28. The molecule has 0 fully saturated rings. The van der Waals surface area contributed by atoms with E-state index in [1.54, 1.807) is 29.7 Å². The van der Waals surface area contributed by atoms with E-state index in [9.17, 15) is 0 Å². The Morgan fingerprint density at radius 2 is 1.87 bits per heavy atom. The molecule has 0 aliphatic carbocycles. The third kappa shape index (κ3) is 3.62. The van der Waals surface area contributed by atoms with Gasteiger partial charge in [0.1, 0.15) is 0 Å². The van der Waals surface area contributed by atoms with Crippen LogP contribution >= 0.6 is 11.3 Å². The van der Waals surface area contributed by atoms with E-state index in [0.717, 1.165) is 26.8 Å². The number of rotatable bonds is 4. The van der Waals surface area contributed by atoms with Crippen LogP contribution in [0.3, 0.4) is 0 Å². The number of benzene rings is 2. The molecule has 0 aliphatic heterocycles. The lowest BCUT2D eigenvalue weighted by atomic mass is 10.1. The summed E-state index contributed by atoms with van der Waals surface area (Å²) in [6, 6.07) is 19.4. The molecule has 0 saturated carbocycles. The molecule has 1 heterocycles. The number of nitriles is 1. The molecule has 0 unspecified atom stereocenters. The fourth-order valence-corrected chi connectivity index (χ4v) is 2.90. The average Bonchev–Trinajstić information content (AvgIpc) is 2.97. The number of hydrazone groups is 1. The van der Waals surface area contributed by atoms with Crippen LogP contribution in [0.4, 0.5) is 5.13 Å². The van der Waals surface area contributed by atoms with Gasteiger partial charge in [-0.25, -0.2) is 4.98 Å². The molecule has 2 aromatic carbocycles. The molecule has 112 valence electrons. The molecular formula is C18H14N4S. The van der Waals surface area contributed by atoms with Crippen molar-refractivity contribution in [1.82, 2.24) is 4.98 Å². The molecule has 4 nitrogen and oxygen atoms in total. The van der Waals surface area contributed by atoms with Crippen molar-refractivity contribution >= 4 is 22.7 Å². The van der Waals surface area contributed by atoms with Crippen LogP contribution in [0.15, 0.2) is 59.7 Å². The van der Waals surface area contributed by atoms with Crippen LogP contribution in [0.2, 0.25) is 0 Å². The van der Waals surface area contributed by atoms with Crippen LogP contribution in [0.25, 0.3) is 11.3 Å². The van der Waals surface area contributed by atoms with Crippen molar-refractivity contribution < 1.29 is 0 Å². The number of hydrogen-bond acceptors (Lipinski definition) is 5. The second kappa shape index (κ2) is 6.86. The maximum atomic E-state index is 8.77. The number of hydrogen-bond donors (Lipinski definition) is 1.